The SMILES string of the molecule is COC(C=O)C[C@]1(c2ccc(Cl)c(Cl)c2)CCC(=O)N(CC2CCC(F)(F)CC2)C1. The van der Waals surface area contributed by atoms with Crippen LogP contribution in [0.4, 0.5) is 8.78 Å². The molecule has 8 heteroatoms. The molecule has 1 aromatic carbocycles. The maximum atomic E-state index is 13.5. The van der Waals surface area contributed by atoms with E-state index in [1.165, 1.54) is 7.11 Å². The average molecular weight is 462 g/mol. The van der Waals surface area contributed by atoms with Gasteiger partial charge in [-0.1, -0.05) is 29.3 Å². The Labute approximate surface area is 185 Å². The van der Waals surface area contributed by atoms with E-state index in [2.05, 4.69) is 0 Å². The summed E-state index contributed by atoms with van der Waals surface area (Å²) in [7, 11) is 1.48. The van der Waals surface area contributed by atoms with Crippen molar-refractivity contribution in [1.82, 2.24) is 4.90 Å². The second-order valence-corrected chi connectivity index (χ2v) is 9.41. The zero-order chi connectivity index (χ0) is 21.9. The molecular formula is C22H27Cl2F2NO3. The fourth-order valence-corrected chi connectivity index (χ4v) is 5.01. The molecule has 4 nitrogen and oxygen atoms in total. The van der Waals surface area contributed by atoms with Crippen LogP contribution >= 0.6 is 23.2 Å². The molecule has 0 spiro atoms. The number of benzene rings is 1. The van der Waals surface area contributed by atoms with E-state index in [9.17, 15) is 18.4 Å². The van der Waals surface area contributed by atoms with Gasteiger partial charge in [-0.2, -0.15) is 0 Å². The molecule has 0 bridgehead atoms. The van der Waals surface area contributed by atoms with Crippen LogP contribution in [0.15, 0.2) is 18.2 Å². The summed E-state index contributed by atoms with van der Waals surface area (Å²) < 4.78 is 32.4. The number of ether oxygens (including phenoxy) is 1. The summed E-state index contributed by atoms with van der Waals surface area (Å²) in [5.74, 6) is -2.52. The van der Waals surface area contributed by atoms with Gasteiger partial charge >= 0.3 is 0 Å². The molecule has 166 valence electrons. The Balaban J connectivity index is 1.85. The molecule has 1 unspecified atom stereocenters. The van der Waals surface area contributed by atoms with Crippen molar-refractivity contribution in [2.45, 2.75) is 62.4 Å². The summed E-state index contributed by atoms with van der Waals surface area (Å²) in [6, 6.07) is 5.38. The number of methoxy groups -OCH3 is 1. The van der Waals surface area contributed by atoms with Gasteiger partial charge in [-0.15, -0.1) is 0 Å². The van der Waals surface area contributed by atoms with Gasteiger partial charge in [-0.25, -0.2) is 8.78 Å². The summed E-state index contributed by atoms with van der Waals surface area (Å²) in [6.07, 6.45) is 1.97. The molecule has 2 fully saturated rings. The van der Waals surface area contributed by atoms with E-state index in [0.29, 0.717) is 55.2 Å². The van der Waals surface area contributed by atoms with Crippen LogP contribution in [0, 0.1) is 5.92 Å². The third-order valence-corrected chi connectivity index (χ3v) is 7.30. The van der Waals surface area contributed by atoms with Crippen LogP contribution in [-0.4, -0.2) is 49.3 Å². The predicted molar refractivity (Wildman–Crippen MR) is 112 cm³/mol. The van der Waals surface area contributed by atoms with Gasteiger partial charge in [0.15, 0.2) is 0 Å². The molecule has 1 heterocycles. The Kier molecular flexibility index (Phi) is 7.41. The molecule has 3 rings (SSSR count). The van der Waals surface area contributed by atoms with Crippen molar-refractivity contribution in [3.63, 3.8) is 0 Å². The molecule has 1 aliphatic heterocycles. The van der Waals surface area contributed by atoms with Gasteiger partial charge in [0.1, 0.15) is 12.4 Å². The first-order valence-corrected chi connectivity index (χ1v) is 11.0. The number of carbonyl (C=O) groups is 2. The predicted octanol–water partition coefficient (Wildman–Crippen LogP) is 5.28. The van der Waals surface area contributed by atoms with Crippen LogP contribution in [-0.2, 0) is 19.7 Å². The van der Waals surface area contributed by atoms with Gasteiger partial charge in [-0.05, 0) is 49.3 Å². The number of amides is 1. The molecule has 1 saturated heterocycles. The number of halogens is 4. The number of alkyl halides is 2. The van der Waals surface area contributed by atoms with Crippen molar-refractivity contribution >= 4 is 35.4 Å². The molecule has 30 heavy (non-hydrogen) atoms. The number of hydrogen-bond acceptors (Lipinski definition) is 3. The zero-order valence-corrected chi connectivity index (χ0v) is 18.5. The van der Waals surface area contributed by atoms with E-state index in [-0.39, 0.29) is 24.7 Å². The first-order chi connectivity index (χ1) is 14.2. The summed E-state index contributed by atoms with van der Waals surface area (Å²) in [4.78, 5) is 26.0. The van der Waals surface area contributed by atoms with E-state index >= 15 is 0 Å². The number of carbonyl (C=O) groups excluding carboxylic acids is 2. The fraction of sp³-hybridized carbons (Fsp3) is 0.636. The third-order valence-electron chi connectivity index (χ3n) is 6.56. The lowest BCUT2D eigenvalue weighted by Gasteiger charge is -2.45. The van der Waals surface area contributed by atoms with E-state index < -0.39 is 17.4 Å². The fourth-order valence-electron chi connectivity index (χ4n) is 4.72. The van der Waals surface area contributed by atoms with Crippen molar-refractivity contribution in [2.75, 3.05) is 20.2 Å². The highest BCUT2D eigenvalue weighted by Crippen LogP contribution is 2.42. The van der Waals surface area contributed by atoms with Crippen molar-refractivity contribution in [1.29, 1.82) is 0 Å². The Bertz CT molecular complexity index is 782. The Morgan fingerprint density at radius 1 is 1.23 bits per heavy atom. The Hall–Kier alpha value is -1.24. The summed E-state index contributed by atoms with van der Waals surface area (Å²) >= 11 is 12.4. The molecule has 1 aliphatic carbocycles. The molecule has 2 atom stereocenters. The lowest BCUT2D eigenvalue weighted by Crippen LogP contribution is -2.52. The molecule has 0 radical (unpaired) electrons. The largest absolute Gasteiger partial charge is 0.374 e. The van der Waals surface area contributed by atoms with Gasteiger partial charge in [0.2, 0.25) is 11.8 Å². The average Bonchev–Trinajstić information content (AvgIpc) is 2.72. The smallest absolute Gasteiger partial charge is 0.248 e. The molecule has 0 N–H and O–H groups in total. The summed E-state index contributed by atoms with van der Waals surface area (Å²) in [6.45, 7) is 0.848. The maximum Gasteiger partial charge on any atom is 0.248 e. The monoisotopic (exact) mass is 461 g/mol. The minimum Gasteiger partial charge on any atom is -0.374 e. The van der Waals surface area contributed by atoms with Crippen molar-refractivity contribution in [2.24, 2.45) is 5.92 Å². The maximum absolute atomic E-state index is 13.5. The first kappa shape index (κ1) is 23.4. The third kappa shape index (κ3) is 5.32. The van der Waals surface area contributed by atoms with Crippen LogP contribution in [0.25, 0.3) is 0 Å². The Morgan fingerprint density at radius 3 is 2.53 bits per heavy atom. The molecule has 2 aliphatic rings. The minimum atomic E-state index is -2.60. The van der Waals surface area contributed by atoms with E-state index in [0.717, 1.165) is 11.8 Å². The summed E-state index contributed by atoms with van der Waals surface area (Å²) in [5.41, 5.74) is 0.371. The molecule has 1 amide bonds. The number of aldehydes is 1. The summed E-state index contributed by atoms with van der Waals surface area (Å²) in [5, 5.41) is 0.840. The van der Waals surface area contributed by atoms with E-state index in [1.807, 2.05) is 6.07 Å². The van der Waals surface area contributed by atoms with Crippen LogP contribution in [0.2, 0.25) is 10.0 Å². The first-order valence-electron chi connectivity index (χ1n) is 10.3. The number of nitrogens with zero attached hydrogens (tertiary/aromatic N) is 1. The van der Waals surface area contributed by atoms with Crippen LogP contribution in [0.3, 0.4) is 0 Å². The normalized spacial score (nSPS) is 25.9. The molecule has 0 aromatic heterocycles. The van der Waals surface area contributed by atoms with Gasteiger partial charge < -0.3 is 14.4 Å². The lowest BCUT2D eigenvalue weighted by molar-refractivity contribution is -0.138. The van der Waals surface area contributed by atoms with Crippen LogP contribution < -0.4 is 0 Å². The Morgan fingerprint density at radius 2 is 1.93 bits per heavy atom. The zero-order valence-electron chi connectivity index (χ0n) is 17.0. The highest BCUT2D eigenvalue weighted by Gasteiger charge is 2.43. The van der Waals surface area contributed by atoms with E-state index in [1.54, 1.807) is 17.0 Å². The van der Waals surface area contributed by atoms with Gasteiger partial charge in [-0.3, -0.25) is 4.79 Å². The second-order valence-electron chi connectivity index (χ2n) is 8.60. The number of hydrogen-bond donors (Lipinski definition) is 0. The molecular weight excluding hydrogens is 435 g/mol. The minimum absolute atomic E-state index is 0.0167. The topological polar surface area (TPSA) is 46.6 Å². The van der Waals surface area contributed by atoms with Gasteiger partial charge in [0.05, 0.1) is 10.0 Å². The van der Waals surface area contributed by atoms with Gasteiger partial charge in [0.25, 0.3) is 0 Å². The van der Waals surface area contributed by atoms with E-state index in [4.69, 9.17) is 27.9 Å². The van der Waals surface area contributed by atoms with Crippen molar-refractivity contribution in [3.8, 4) is 0 Å². The highest BCUT2D eigenvalue weighted by atomic mass is 35.5. The van der Waals surface area contributed by atoms with Crippen LogP contribution in [0.1, 0.15) is 50.5 Å². The second kappa shape index (κ2) is 9.49. The van der Waals surface area contributed by atoms with Crippen molar-refractivity contribution in [3.05, 3.63) is 33.8 Å². The molecule has 1 saturated carbocycles. The van der Waals surface area contributed by atoms with Crippen LogP contribution in [0.5, 0.6) is 0 Å². The van der Waals surface area contributed by atoms with Crippen molar-refractivity contribution < 1.29 is 23.1 Å². The molecule has 1 aromatic rings. The highest BCUT2D eigenvalue weighted by molar-refractivity contribution is 6.42. The standard InChI is InChI=1S/C22H27Cl2F2NO3/c1-30-17(13-28)11-21(16-2-3-18(23)19(24)10-16)7-6-20(29)27(14-21)12-15-4-8-22(25,26)9-5-15/h2-3,10,13,15,17H,4-9,11-12,14H2,1H3/t17?,21-/m1/s1. The number of rotatable bonds is 7. The van der Waals surface area contributed by atoms with Gasteiger partial charge in [0, 0.05) is 44.9 Å². The number of likely N-dealkylation sites (tertiary alicyclic amines) is 1. The quantitative estimate of drug-likeness (QED) is 0.518. The lowest BCUT2D eigenvalue weighted by atomic mass is 9.70. The number of piperidine rings is 1.